The minimum atomic E-state index is -0.587. The van der Waals surface area contributed by atoms with Gasteiger partial charge in [0.2, 0.25) is 5.91 Å². The zero-order valence-electron chi connectivity index (χ0n) is 13.5. The van der Waals surface area contributed by atoms with Crippen LogP contribution in [-0.2, 0) is 11.3 Å². The van der Waals surface area contributed by atoms with E-state index in [0.717, 1.165) is 10.4 Å². The molecule has 0 spiro atoms. The standard InChI is InChI=1S/C17H16N4O3S/c1-2-18-17(24)20-14(22)9-21-10-19-15-12(16(21)23)8-13(25-15)11-6-4-3-5-7-11/h3-8,10H,2,9H2,1H3,(H2,18,20,22,24). The number of amides is 3. The quantitative estimate of drug-likeness (QED) is 0.747. The van der Waals surface area contributed by atoms with Gasteiger partial charge >= 0.3 is 6.03 Å². The van der Waals surface area contributed by atoms with Crippen molar-refractivity contribution in [3.8, 4) is 10.4 Å². The molecular formula is C17H16N4O3S. The summed E-state index contributed by atoms with van der Waals surface area (Å²) in [6, 6.07) is 10.9. The van der Waals surface area contributed by atoms with Gasteiger partial charge in [0, 0.05) is 11.4 Å². The summed E-state index contributed by atoms with van der Waals surface area (Å²) in [4.78, 5) is 41.6. The second-order valence-electron chi connectivity index (χ2n) is 5.28. The first-order chi connectivity index (χ1) is 12.1. The first kappa shape index (κ1) is 16.8. The van der Waals surface area contributed by atoms with Crippen LogP contribution in [0.3, 0.4) is 0 Å². The van der Waals surface area contributed by atoms with Crippen molar-refractivity contribution in [3.63, 3.8) is 0 Å². The highest BCUT2D eigenvalue weighted by atomic mass is 32.1. The van der Waals surface area contributed by atoms with Gasteiger partial charge in [0.05, 0.1) is 11.7 Å². The highest BCUT2D eigenvalue weighted by Crippen LogP contribution is 2.30. The van der Waals surface area contributed by atoms with Crippen molar-refractivity contribution in [3.05, 3.63) is 53.1 Å². The van der Waals surface area contributed by atoms with E-state index in [1.807, 2.05) is 30.3 Å². The summed E-state index contributed by atoms with van der Waals surface area (Å²) in [5, 5.41) is 5.07. The largest absolute Gasteiger partial charge is 0.338 e. The fraction of sp³-hybridized carbons (Fsp3) is 0.176. The van der Waals surface area contributed by atoms with Gasteiger partial charge in [0.15, 0.2) is 0 Å². The van der Waals surface area contributed by atoms with Crippen LogP contribution in [0, 0.1) is 0 Å². The molecule has 2 heterocycles. The lowest BCUT2D eigenvalue weighted by atomic mass is 10.2. The number of urea groups is 1. The topological polar surface area (TPSA) is 93.1 Å². The van der Waals surface area contributed by atoms with E-state index in [4.69, 9.17) is 0 Å². The molecule has 0 aliphatic heterocycles. The Labute approximate surface area is 147 Å². The summed E-state index contributed by atoms with van der Waals surface area (Å²) in [6.07, 6.45) is 1.33. The predicted octanol–water partition coefficient (Wildman–Crippen LogP) is 1.97. The molecule has 1 aromatic carbocycles. The van der Waals surface area contributed by atoms with E-state index < -0.39 is 11.9 Å². The third-order valence-corrected chi connectivity index (χ3v) is 4.57. The highest BCUT2D eigenvalue weighted by Gasteiger charge is 2.13. The molecule has 0 fully saturated rings. The molecule has 0 aliphatic carbocycles. The minimum absolute atomic E-state index is 0.268. The summed E-state index contributed by atoms with van der Waals surface area (Å²) >= 11 is 1.42. The van der Waals surface area contributed by atoms with Crippen molar-refractivity contribution in [2.45, 2.75) is 13.5 Å². The molecule has 0 bridgehead atoms. The van der Waals surface area contributed by atoms with E-state index in [-0.39, 0.29) is 12.1 Å². The van der Waals surface area contributed by atoms with Crippen LogP contribution in [0.5, 0.6) is 0 Å². The van der Waals surface area contributed by atoms with Gasteiger partial charge < -0.3 is 5.32 Å². The fourth-order valence-electron chi connectivity index (χ4n) is 2.34. The van der Waals surface area contributed by atoms with E-state index in [2.05, 4.69) is 15.6 Å². The molecule has 3 aromatic rings. The van der Waals surface area contributed by atoms with Crippen LogP contribution in [0.2, 0.25) is 0 Å². The molecule has 8 heteroatoms. The number of aromatic nitrogens is 2. The molecule has 0 atom stereocenters. The number of hydrogen-bond donors (Lipinski definition) is 2. The van der Waals surface area contributed by atoms with Crippen molar-refractivity contribution in [1.29, 1.82) is 0 Å². The Hall–Kier alpha value is -3.00. The maximum Gasteiger partial charge on any atom is 0.321 e. The van der Waals surface area contributed by atoms with Gasteiger partial charge in [0.25, 0.3) is 5.56 Å². The van der Waals surface area contributed by atoms with Crippen molar-refractivity contribution in [2.24, 2.45) is 0 Å². The zero-order chi connectivity index (χ0) is 17.8. The summed E-state index contributed by atoms with van der Waals surface area (Å²) in [6.45, 7) is 1.88. The van der Waals surface area contributed by atoms with Crippen LogP contribution in [0.25, 0.3) is 20.7 Å². The van der Waals surface area contributed by atoms with Crippen LogP contribution < -0.4 is 16.2 Å². The Balaban J connectivity index is 1.86. The molecule has 0 saturated carbocycles. The van der Waals surface area contributed by atoms with Gasteiger partial charge in [-0.05, 0) is 18.6 Å². The molecule has 7 nitrogen and oxygen atoms in total. The molecule has 3 amide bonds. The molecule has 0 aliphatic rings. The molecule has 25 heavy (non-hydrogen) atoms. The maximum atomic E-state index is 12.6. The SMILES string of the molecule is CCNC(=O)NC(=O)Cn1cnc2sc(-c3ccccc3)cc2c1=O. The second-order valence-corrected chi connectivity index (χ2v) is 6.31. The van der Waals surface area contributed by atoms with Crippen LogP contribution in [-0.4, -0.2) is 28.0 Å². The number of carbonyl (C=O) groups is 2. The van der Waals surface area contributed by atoms with Crippen LogP contribution in [0.15, 0.2) is 47.5 Å². The normalized spacial score (nSPS) is 10.6. The third kappa shape index (κ3) is 3.74. The Morgan fingerprint density at radius 1 is 1.24 bits per heavy atom. The number of imide groups is 1. The minimum Gasteiger partial charge on any atom is -0.338 e. The molecule has 0 unspecified atom stereocenters. The molecule has 3 rings (SSSR count). The lowest BCUT2D eigenvalue weighted by molar-refractivity contribution is -0.120. The summed E-state index contributed by atoms with van der Waals surface area (Å²) < 4.78 is 1.19. The zero-order valence-corrected chi connectivity index (χ0v) is 14.3. The molecule has 128 valence electrons. The van der Waals surface area contributed by atoms with E-state index >= 15 is 0 Å². The van der Waals surface area contributed by atoms with Gasteiger partial charge in [-0.2, -0.15) is 0 Å². The number of nitrogens with zero attached hydrogens (tertiary/aromatic N) is 2. The monoisotopic (exact) mass is 356 g/mol. The number of fused-ring (bicyclic) bond motifs is 1. The lowest BCUT2D eigenvalue weighted by Crippen LogP contribution is -2.42. The van der Waals surface area contributed by atoms with Crippen molar-refractivity contribution >= 4 is 33.5 Å². The average Bonchev–Trinajstić information content (AvgIpc) is 3.03. The van der Waals surface area contributed by atoms with Crippen molar-refractivity contribution < 1.29 is 9.59 Å². The van der Waals surface area contributed by atoms with Crippen LogP contribution in [0.4, 0.5) is 4.79 Å². The predicted molar refractivity (Wildman–Crippen MR) is 96.5 cm³/mol. The Morgan fingerprint density at radius 3 is 2.72 bits per heavy atom. The number of rotatable bonds is 4. The van der Waals surface area contributed by atoms with E-state index in [1.54, 1.807) is 13.0 Å². The second kappa shape index (κ2) is 7.27. The summed E-state index contributed by atoms with van der Waals surface area (Å²) in [5.41, 5.74) is 0.694. The summed E-state index contributed by atoms with van der Waals surface area (Å²) in [7, 11) is 0. The number of carbonyl (C=O) groups excluding carboxylic acids is 2. The number of nitrogens with one attached hydrogen (secondary N) is 2. The summed E-state index contributed by atoms with van der Waals surface area (Å²) in [5.74, 6) is -0.576. The van der Waals surface area contributed by atoms with Crippen molar-refractivity contribution in [1.82, 2.24) is 20.2 Å². The third-order valence-electron chi connectivity index (χ3n) is 3.48. The lowest BCUT2D eigenvalue weighted by Gasteiger charge is -2.06. The van der Waals surface area contributed by atoms with E-state index in [9.17, 15) is 14.4 Å². The fourth-order valence-corrected chi connectivity index (χ4v) is 3.34. The van der Waals surface area contributed by atoms with Crippen LogP contribution in [0.1, 0.15) is 6.92 Å². The maximum absolute atomic E-state index is 12.6. The number of hydrogen-bond acceptors (Lipinski definition) is 5. The molecule has 2 N–H and O–H groups in total. The first-order valence-electron chi connectivity index (χ1n) is 7.70. The Kier molecular flexibility index (Phi) is 4.90. The van der Waals surface area contributed by atoms with Gasteiger partial charge in [-0.1, -0.05) is 30.3 Å². The Morgan fingerprint density at radius 2 is 2.00 bits per heavy atom. The van der Waals surface area contributed by atoms with Gasteiger partial charge in [-0.25, -0.2) is 9.78 Å². The number of benzene rings is 1. The first-order valence-corrected chi connectivity index (χ1v) is 8.52. The molecule has 0 radical (unpaired) electrons. The number of thiophene rings is 1. The molecule has 2 aromatic heterocycles. The van der Waals surface area contributed by atoms with E-state index in [0.29, 0.717) is 16.8 Å². The van der Waals surface area contributed by atoms with Gasteiger partial charge in [0.1, 0.15) is 11.4 Å². The van der Waals surface area contributed by atoms with E-state index in [1.165, 1.54) is 22.2 Å². The molecular weight excluding hydrogens is 340 g/mol. The molecule has 0 saturated heterocycles. The smallest absolute Gasteiger partial charge is 0.321 e. The van der Waals surface area contributed by atoms with Crippen molar-refractivity contribution in [2.75, 3.05) is 6.54 Å². The Bertz CT molecular complexity index is 978. The van der Waals surface area contributed by atoms with Crippen LogP contribution >= 0.6 is 11.3 Å². The van der Waals surface area contributed by atoms with Gasteiger partial charge in [-0.15, -0.1) is 11.3 Å². The highest BCUT2D eigenvalue weighted by molar-refractivity contribution is 7.21. The average molecular weight is 356 g/mol. The van der Waals surface area contributed by atoms with Gasteiger partial charge in [-0.3, -0.25) is 19.5 Å².